The van der Waals surface area contributed by atoms with Crippen molar-refractivity contribution >= 4 is 5.91 Å². The van der Waals surface area contributed by atoms with Crippen LogP contribution >= 0.6 is 0 Å². The molecule has 2 aliphatic carbocycles. The Morgan fingerprint density at radius 2 is 1.79 bits per heavy atom. The second kappa shape index (κ2) is 7.88. The molecule has 1 fully saturated rings. The maximum atomic E-state index is 12.3. The Balaban J connectivity index is 0.00000162. The van der Waals surface area contributed by atoms with Crippen molar-refractivity contribution in [1.29, 1.82) is 0 Å². The minimum atomic E-state index is -0.202. The Bertz CT molecular complexity index is 398. The largest absolute Gasteiger partial charge is 1.00 e. The van der Waals surface area contributed by atoms with Gasteiger partial charge in [-0.1, -0.05) is 0 Å². The zero-order valence-electron chi connectivity index (χ0n) is 11.5. The molecule has 0 spiro atoms. The SMILES string of the molecule is CC1=C(C)CC(C2(C(=O)[NH][Ti+2])CCCCC2)=C1.[Cl-].[Cl-]. The first kappa shape index (κ1) is 19.2. The normalized spacial score (nSPS) is 21.2. The Morgan fingerprint density at radius 3 is 2.21 bits per heavy atom. The Kier molecular flexibility index (Phi) is 7.98. The van der Waals surface area contributed by atoms with E-state index in [-0.39, 0.29) is 36.1 Å². The number of amides is 1. The van der Waals surface area contributed by atoms with E-state index < -0.39 is 0 Å². The van der Waals surface area contributed by atoms with Crippen molar-refractivity contribution < 1.29 is 50.3 Å². The van der Waals surface area contributed by atoms with E-state index in [9.17, 15) is 4.79 Å². The summed E-state index contributed by atoms with van der Waals surface area (Å²) in [5.41, 5.74) is 3.93. The average molecular weight is 337 g/mol. The van der Waals surface area contributed by atoms with Crippen LogP contribution in [0.4, 0.5) is 0 Å². The third kappa shape index (κ3) is 3.66. The summed E-state index contributed by atoms with van der Waals surface area (Å²) in [5, 5.41) is 0. The van der Waals surface area contributed by atoms with Crippen molar-refractivity contribution in [3.63, 3.8) is 0 Å². The van der Waals surface area contributed by atoms with Crippen molar-refractivity contribution in [3.05, 3.63) is 22.8 Å². The van der Waals surface area contributed by atoms with Crippen LogP contribution < -0.4 is 28.6 Å². The van der Waals surface area contributed by atoms with E-state index in [1.165, 1.54) is 36.0 Å². The molecule has 0 aliphatic heterocycles. The van der Waals surface area contributed by atoms with E-state index in [1.807, 2.05) is 0 Å². The molecule has 1 amide bonds. The van der Waals surface area contributed by atoms with Gasteiger partial charge in [0.15, 0.2) is 0 Å². The molecule has 5 heteroatoms. The van der Waals surface area contributed by atoms with Gasteiger partial charge < -0.3 is 24.8 Å². The molecule has 0 unspecified atom stereocenters. The standard InChI is InChI=1S/C14H21NO.2ClH.Ti/c1-10-8-12(9-11(10)2)14(13(15)16)6-4-3-5-7-14;;;/h8H,3-7,9H2,1-2H3,(H2,15,16);2*1H;/q;;;+3/p-3. The molecule has 1 saturated carbocycles. The molecule has 19 heavy (non-hydrogen) atoms. The van der Waals surface area contributed by atoms with E-state index in [4.69, 9.17) is 0 Å². The fourth-order valence-corrected chi connectivity index (χ4v) is 3.51. The van der Waals surface area contributed by atoms with Gasteiger partial charge in [0, 0.05) is 0 Å². The van der Waals surface area contributed by atoms with Gasteiger partial charge >= 0.3 is 116 Å². The molecule has 2 aliphatic rings. The van der Waals surface area contributed by atoms with Gasteiger partial charge in [-0.05, 0) is 0 Å². The van der Waals surface area contributed by atoms with E-state index in [2.05, 4.69) is 23.7 Å². The van der Waals surface area contributed by atoms with Crippen molar-refractivity contribution in [2.75, 3.05) is 0 Å². The van der Waals surface area contributed by atoms with Crippen LogP contribution in [0, 0.1) is 5.41 Å². The smallest absolute Gasteiger partial charge is 1.00 e. The number of carbonyl (C=O) groups is 1. The van der Waals surface area contributed by atoms with E-state index in [1.54, 1.807) is 20.7 Å². The van der Waals surface area contributed by atoms with Gasteiger partial charge in [-0.3, -0.25) is 0 Å². The molecule has 0 aromatic rings. The van der Waals surface area contributed by atoms with Crippen molar-refractivity contribution in [2.45, 2.75) is 52.4 Å². The maximum absolute atomic E-state index is 12.3. The molecule has 0 aromatic heterocycles. The van der Waals surface area contributed by atoms with Crippen LogP contribution in [-0.4, -0.2) is 5.91 Å². The fraction of sp³-hybridized carbons (Fsp3) is 0.643. The summed E-state index contributed by atoms with van der Waals surface area (Å²) >= 11 is 1.77. The summed E-state index contributed by atoms with van der Waals surface area (Å²) in [6.07, 6.45) is 8.95. The molecule has 1 N–H and O–H groups in total. The maximum Gasteiger partial charge on any atom is -1.00 e. The summed E-state index contributed by atoms with van der Waals surface area (Å²) in [5.74, 6) is 0.228. The van der Waals surface area contributed by atoms with Gasteiger partial charge in [0.2, 0.25) is 0 Å². The monoisotopic (exact) mass is 336 g/mol. The van der Waals surface area contributed by atoms with Gasteiger partial charge in [-0.2, -0.15) is 0 Å². The summed E-state index contributed by atoms with van der Waals surface area (Å²) in [4.78, 5) is 12.3. The summed E-state index contributed by atoms with van der Waals surface area (Å²) in [6.45, 7) is 4.34. The molecule has 0 saturated heterocycles. The fourth-order valence-electron chi connectivity index (χ4n) is 3.14. The quantitative estimate of drug-likeness (QED) is 0.542. The summed E-state index contributed by atoms with van der Waals surface area (Å²) in [6, 6.07) is 0. The number of allylic oxidation sites excluding steroid dienone is 3. The van der Waals surface area contributed by atoms with Gasteiger partial charge in [0.1, 0.15) is 0 Å². The van der Waals surface area contributed by atoms with Crippen LogP contribution in [-0.2, 0) is 25.5 Å². The first-order valence-corrected chi connectivity index (χ1v) is 7.23. The molecule has 0 bridgehead atoms. The topological polar surface area (TPSA) is 29.1 Å². The first-order valence-electron chi connectivity index (χ1n) is 6.45. The van der Waals surface area contributed by atoms with Gasteiger partial charge in [0.05, 0.1) is 0 Å². The summed E-state index contributed by atoms with van der Waals surface area (Å²) in [7, 11) is 0. The predicted molar refractivity (Wildman–Crippen MR) is 64.7 cm³/mol. The van der Waals surface area contributed by atoms with Crippen LogP contribution in [0.5, 0.6) is 0 Å². The number of carbonyl (C=O) groups excluding carboxylic acids is 1. The van der Waals surface area contributed by atoms with E-state index in [0.717, 1.165) is 19.3 Å². The third-order valence-electron chi connectivity index (χ3n) is 4.39. The molecule has 2 nitrogen and oxygen atoms in total. The molecule has 0 aromatic carbocycles. The number of halogens is 2. The number of nitrogens with one attached hydrogen (secondary N) is 1. The van der Waals surface area contributed by atoms with Crippen molar-refractivity contribution in [2.24, 2.45) is 5.41 Å². The van der Waals surface area contributed by atoms with Crippen LogP contribution in [0.2, 0.25) is 0 Å². The minimum Gasteiger partial charge on any atom is -1.00 e. The molecule has 0 radical (unpaired) electrons. The van der Waals surface area contributed by atoms with E-state index in [0.29, 0.717) is 0 Å². The predicted octanol–water partition coefficient (Wildman–Crippen LogP) is -2.81. The zero-order valence-corrected chi connectivity index (χ0v) is 14.6. The summed E-state index contributed by atoms with van der Waals surface area (Å²) < 4.78 is 2.88. The molecular weight excluding hydrogens is 317 g/mol. The van der Waals surface area contributed by atoms with Crippen molar-refractivity contribution in [1.82, 2.24) is 3.80 Å². The van der Waals surface area contributed by atoms with Gasteiger partial charge in [-0.25, -0.2) is 0 Å². The zero-order chi connectivity index (χ0) is 12.5. The van der Waals surface area contributed by atoms with Crippen LogP contribution in [0.1, 0.15) is 52.4 Å². The first-order chi connectivity index (χ1) is 8.10. The van der Waals surface area contributed by atoms with Gasteiger partial charge in [0.25, 0.3) is 0 Å². The minimum absolute atomic E-state index is 0. The molecule has 105 valence electrons. The Morgan fingerprint density at radius 1 is 1.21 bits per heavy atom. The van der Waals surface area contributed by atoms with Crippen LogP contribution in [0.3, 0.4) is 0 Å². The Labute approximate surface area is 140 Å². The Hall–Kier alpha value is 0.244. The van der Waals surface area contributed by atoms with E-state index >= 15 is 0 Å². The molecule has 0 heterocycles. The molecule has 2 rings (SSSR count). The average Bonchev–Trinajstić information content (AvgIpc) is 2.70. The number of hydrogen-bond acceptors (Lipinski definition) is 1. The number of hydrogen-bond donors (Lipinski definition) is 1. The second-order valence-electron chi connectivity index (χ2n) is 5.41. The molecule has 0 atom stereocenters. The molecular formula is C14H20Cl2NOTi. The number of rotatable bonds is 2. The van der Waals surface area contributed by atoms with Crippen molar-refractivity contribution in [3.8, 4) is 0 Å². The van der Waals surface area contributed by atoms with Gasteiger partial charge in [-0.15, -0.1) is 0 Å². The third-order valence-corrected chi connectivity index (χ3v) is 4.74. The van der Waals surface area contributed by atoms with Crippen LogP contribution in [0.15, 0.2) is 22.8 Å². The van der Waals surface area contributed by atoms with Crippen LogP contribution in [0.25, 0.3) is 0 Å². The second-order valence-corrected chi connectivity index (χ2v) is 5.80.